The van der Waals surface area contributed by atoms with Crippen LogP contribution in [0.3, 0.4) is 0 Å². The highest BCUT2D eigenvalue weighted by molar-refractivity contribution is 7.23. The molecule has 6 rings (SSSR count). The number of hydrogen-bond acceptors (Lipinski definition) is 4. The molecule has 3 aromatic heterocycles. The van der Waals surface area contributed by atoms with E-state index in [1.165, 1.54) is 0 Å². The summed E-state index contributed by atoms with van der Waals surface area (Å²) < 4.78 is 3.38. The van der Waals surface area contributed by atoms with Gasteiger partial charge in [-0.05, 0) is 30.3 Å². The second-order valence-electron chi connectivity index (χ2n) is 7.69. The van der Waals surface area contributed by atoms with Gasteiger partial charge >= 0.3 is 0 Å². The van der Waals surface area contributed by atoms with Gasteiger partial charge in [0, 0.05) is 27.2 Å². The van der Waals surface area contributed by atoms with Crippen molar-refractivity contribution >= 4 is 43.7 Å². The molecular weight excluding hydrogens is 412 g/mol. The van der Waals surface area contributed by atoms with Gasteiger partial charge in [-0.25, -0.2) is 0 Å². The monoisotopic (exact) mass is 432 g/mol. The number of anilines is 2. The molecule has 0 bridgehead atoms. The lowest BCUT2D eigenvalue weighted by Crippen LogP contribution is -2.01. The summed E-state index contributed by atoms with van der Waals surface area (Å²) in [6.45, 7) is 0. The van der Waals surface area contributed by atoms with E-state index < -0.39 is 0 Å². The van der Waals surface area contributed by atoms with Gasteiger partial charge in [-0.2, -0.15) is 0 Å². The van der Waals surface area contributed by atoms with Crippen LogP contribution in [0.4, 0.5) is 11.4 Å². The maximum Gasteiger partial charge on any atom is 0.0894 e. The summed E-state index contributed by atoms with van der Waals surface area (Å²) in [5, 5.41) is 2.07. The first-order chi connectivity index (χ1) is 15.7. The third-order valence-electron chi connectivity index (χ3n) is 5.85. The minimum absolute atomic E-state index is 0.731. The minimum atomic E-state index is 0.731. The number of thiophene rings is 1. The molecule has 0 spiro atoms. The number of aromatic nitrogens is 2. The summed E-state index contributed by atoms with van der Waals surface area (Å²) in [6, 6.07) is 30.7. The molecule has 0 atom stereocenters. The summed E-state index contributed by atoms with van der Waals surface area (Å²) in [4.78, 5) is 5.59. The molecule has 154 valence electrons. The zero-order valence-electron chi connectivity index (χ0n) is 17.2. The molecule has 3 heterocycles. The first-order valence-corrected chi connectivity index (χ1v) is 11.2. The van der Waals surface area contributed by atoms with Crippen LogP contribution in [-0.2, 0) is 0 Å². The molecule has 4 N–H and O–H groups in total. The first kappa shape index (κ1) is 18.7. The molecule has 6 aromatic rings. The molecule has 0 saturated heterocycles. The number of para-hydroxylation sites is 2. The summed E-state index contributed by atoms with van der Waals surface area (Å²) in [7, 11) is 0. The average Bonchev–Trinajstić information content (AvgIpc) is 3.34. The van der Waals surface area contributed by atoms with Crippen molar-refractivity contribution in [3.8, 4) is 27.5 Å². The SMILES string of the molecule is Nc1c(-c2c(N)c3ccccc3n2-c2ccccc2-c2ccccn2)sc2ccccc12. The lowest BCUT2D eigenvalue weighted by atomic mass is 10.1. The van der Waals surface area contributed by atoms with Crippen LogP contribution in [0.25, 0.3) is 48.5 Å². The highest BCUT2D eigenvalue weighted by atomic mass is 32.1. The summed E-state index contributed by atoms with van der Waals surface area (Å²) in [5.74, 6) is 0. The molecule has 5 heteroatoms. The maximum atomic E-state index is 6.80. The van der Waals surface area contributed by atoms with Crippen LogP contribution in [0.15, 0.2) is 97.2 Å². The molecular formula is C27H20N4S. The summed E-state index contributed by atoms with van der Waals surface area (Å²) >= 11 is 1.68. The highest BCUT2D eigenvalue weighted by Gasteiger charge is 2.23. The summed E-state index contributed by atoms with van der Waals surface area (Å²) in [6.07, 6.45) is 1.82. The number of nitrogens with two attached hydrogens (primary N) is 2. The van der Waals surface area contributed by atoms with Gasteiger partial charge in [-0.15, -0.1) is 11.3 Å². The van der Waals surface area contributed by atoms with Gasteiger partial charge < -0.3 is 16.0 Å². The Morgan fingerprint density at radius 1 is 0.688 bits per heavy atom. The zero-order chi connectivity index (χ0) is 21.7. The van der Waals surface area contributed by atoms with E-state index >= 15 is 0 Å². The third kappa shape index (κ3) is 2.72. The van der Waals surface area contributed by atoms with Gasteiger partial charge in [0.25, 0.3) is 0 Å². The van der Waals surface area contributed by atoms with Crippen LogP contribution in [0, 0.1) is 0 Å². The number of benzene rings is 3. The van der Waals surface area contributed by atoms with Crippen molar-refractivity contribution in [1.29, 1.82) is 0 Å². The van der Waals surface area contributed by atoms with E-state index in [2.05, 4.69) is 45.9 Å². The van der Waals surface area contributed by atoms with Gasteiger partial charge in [0.15, 0.2) is 0 Å². The van der Waals surface area contributed by atoms with Crippen molar-refractivity contribution < 1.29 is 0 Å². The molecule has 0 aliphatic rings. The van der Waals surface area contributed by atoms with Gasteiger partial charge in [-0.1, -0.05) is 60.7 Å². The number of nitrogen functional groups attached to an aromatic ring is 2. The van der Waals surface area contributed by atoms with Crippen molar-refractivity contribution in [3.63, 3.8) is 0 Å². The Morgan fingerprint density at radius 3 is 2.22 bits per heavy atom. The highest BCUT2D eigenvalue weighted by Crippen LogP contribution is 2.47. The third-order valence-corrected chi connectivity index (χ3v) is 7.04. The fourth-order valence-electron chi connectivity index (χ4n) is 4.39. The standard InChI is InChI=1S/C27H20N4S/c28-24-18-10-2-5-14-22(18)31(21-13-4-1-9-17(21)20-12-7-8-16-30-20)26(24)27-25(29)19-11-3-6-15-23(19)32-27/h1-16H,28-29H2. The Morgan fingerprint density at radius 2 is 1.41 bits per heavy atom. The number of nitrogens with zero attached hydrogens (tertiary/aromatic N) is 2. The van der Waals surface area contributed by atoms with Gasteiger partial charge in [-0.3, -0.25) is 4.98 Å². The van der Waals surface area contributed by atoms with Crippen LogP contribution < -0.4 is 11.5 Å². The van der Waals surface area contributed by atoms with E-state index in [1.54, 1.807) is 11.3 Å². The smallest absolute Gasteiger partial charge is 0.0894 e. The number of hydrogen-bond donors (Lipinski definition) is 2. The molecule has 0 aliphatic carbocycles. The molecule has 0 unspecified atom stereocenters. The molecule has 0 aliphatic heterocycles. The van der Waals surface area contributed by atoms with Crippen molar-refractivity contribution in [2.75, 3.05) is 11.5 Å². The minimum Gasteiger partial charge on any atom is -0.397 e. The molecule has 0 fully saturated rings. The molecule has 4 nitrogen and oxygen atoms in total. The predicted octanol–water partition coefficient (Wildman–Crippen LogP) is 6.74. The Hall–Kier alpha value is -4.09. The van der Waals surface area contributed by atoms with E-state index in [0.717, 1.165) is 59.9 Å². The lowest BCUT2D eigenvalue weighted by molar-refractivity contribution is 1.14. The van der Waals surface area contributed by atoms with Crippen LogP contribution >= 0.6 is 11.3 Å². The molecule has 3 aromatic carbocycles. The van der Waals surface area contributed by atoms with E-state index in [9.17, 15) is 0 Å². The van der Waals surface area contributed by atoms with Crippen molar-refractivity contribution in [3.05, 3.63) is 97.2 Å². The molecule has 0 radical (unpaired) electrons. The normalized spacial score (nSPS) is 11.4. The van der Waals surface area contributed by atoms with Crippen molar-refractivity contribution in [2.45, 2.75) is 0 Å². The zero-order valence-corrected chi connectivity index (χ0v) is 18.0. The van der Waals surface area contributed by atoms with Crippen LogP contribution in [0.5, 0.6) is 0 Å². The molecule has 32 heavy (non-hydrogen) atoms. The molecule has 0 amide bonds. The number of rotatable bonds is 3. The van der Waals surface area contributed by atoms with Gasteiger partial charge in [0.05, 0.1) is 38.8 Å². The van der Waals surface area contributed by atoms with E-state index in [-0.39, 0.29) is 0 Å². The quantitative estimate of drug-likeness (QED) is 0.325. The lowest BCUT2D eigenvalue weighted by Gasteiger charge is -2.15. The fourth-order valence-corrected chi connectivity index (χ4v) is 5.56. The van der Waals surface area contributed by atoms with Crippen LogP contribution in [0.2, 0.25) is 0 Å². The number of pyridine rings is 1. The Bertz CT molecular complexity index is 1600. The average molecular weight is 433 g/mol. The van der Waals surface area contributed by atoms with Crippen LogP contribution in [0.1, 0.15) is 0 Å². The topological polar surface area (TPSA) is 69.9 Å². The Balaban J connectivity index is 1.74. The Kier molecular flexibility index (Phi) is 4.23. The van der Waals surface area contributed by atoms with E-state index in [0.29, 0.717) is 0 Å². The van der Waals surface area contributed by atoms with E-state index in [4.69, 9.17) is 11.5 Å². The Labute approximate surface area is 189 Å². The van der Waals surface area contributed by atoms with Gasteiger partial charge in [0.2, 0.25) is 0 Å². The van der Waals surface area contributed by atoms with Crippen molar-refractivity contribution in [2.24, 2.45) is 0 Å². The van der Waals surface area contributed by atoms with Crippen LogP contribution in [-0.4, -0.2) is 9.55 Å². The van der Waals surface area contributed by atoms with E-state index in [1.807, 2.05) is 60.8 Å². The van der Waals surface area contributed by atoms with Crippen molar-refractivity contribution in [1.82, 2.24) is 9.55 Å². The second-order valence-corrected chi connectivity index (χ2v) is 8.74. The van der Waals surface area contributed by atoms with Gasteiger partial charge in [0.1, 0.15) is 0 Å². The fraction of sp³-hybridized carbons (Fsp3) is 0. The molecule has 0 saturated carbocycles. The first-order valence-electron chi connectivity index (χ1n) is 10.4. The number of fused-ring (bicyclic) bond motifs is 2. The predicted molar refractivity (Wildman–Crippen MR) is 136 cm³/mol. The summed E-state index contributed by atoms with van der Waals surface area (Å²) in [5.41, 5.74) is 19.9. The maximum absolute atomic E-state index is 6.80. The second kappa shape index (κ2) is 7.25. The largest absolute Gasteiger partial charge is 0.397 e.